The van der Waals surface area contributed by atoms with E-state index in [0.29, 0.717) is 30.1 Å². The molecule has 1 aliphatic carbocycles. The van der Waals surface area contributed by atoms with Gasteiger partial charge in [0.25, 0.3) is 0 Å². The smallest absolute Gasteiger partial charge is 0.331 e. The van der Waals surface area contributed by atoms with Crippen LogP contribution in [0.2, 0.25) is 5.02 Å². The molecule has 1 saturated carbocycles. The summed E-state index contributed by atoms with van der Waals surface area (Å²) < 4.78 is 11.3. The number of fused-ring (bicyclic) bond motifs is 1. The van der Waals surface area contributed by atoms with Gasteiger partial charge in [-0.15, -0.1) is 0 Å². The standard InChI is InChI=1S/C24H27ClN2O4/c1-15-4-6-16(7-5-15)14-26-20-13-22(31-3)21(30-2)12-19(20)23(28)27(24(26)29)18-10-8-17(25)9-11-18/h4-11,19-22H,12-14H2,1-3H3. The van der Waals surface area contributed by atoms with Crippen LogP contribution in [0.25, 0.3) is 0 Å². The fourth-order valence-corrected chi connectivity index (χ4v) is 4.78. The van der Waals surface area contributed by atoms with Crippen molar-refractivity contribution in [2.24, 2.45) is 5.92 Å². The molecule has 2 aliphatic rings. The highest BCUT2D eigenvalue weighted by atomic mass is 35.5. The zero-order chi connectivity index (χ0) is 22.1. The summed E-state index contributed by atoms with van der Waals surface area (Å²) in [6.45, 7) is 2.45. The fraction of sp³-hybridized carbons (Fsp3) is 0.417. The molecule has 1 aliphatic heterocycles. The Kier molecular flexibility index (Phi) is 6.32. The fourth-order valence-electron chi connectivity index (χ4n) is 4.65. The molecule has 31 heavy (non-hydrogen) atoms. The van der Waals surface area contributed by atoms with E-state index in [0.717, 1.165) is 11.1 Å². The van der Waals surface area contributed by atoms with Gasteiger partial charge in [-0.2, -0.15) is 0 Å². The van der Waals surface area contributed by atoms with Crippen molar-refractivity contribution in [2.75, 3.05) is 19.1 Å². The summed E-state index contributed by atoms with van der Waals surface area (Å²) in [5.74, 6) is -0.566. The number of aryl methyl sites for hydroxylation is 1. The number of nitrogens with zero attached hydrogens (tertiary/aromatic N) is 2. The van der Waals surface area contributed by atoms with E-state index in [1.807, 2.05) is 36.1 Å². The molecule has 6 nitrogen and oxygen atoms in total. The Morgan fingerprint density at radius 2 is 1.55 bits per heavy atom. The number of methoxy groups -OCH3 is 2. The van der Waals surface area contributed by atoms with Crippen LogP contribution < -0.4 is 4.90 Å². The zero-order valence-corrected chi connectivity index (χ0v) is 18.7. The number of imide groups is 1. The first-order chi connectivity index (χ1) is 14.9. The number of carbonyl (C=O) groups is 2. The van der Waals surface area contributed by atoms with E-state index >= 15 is 0 Å². The summed E-state index contributed by atoms with van der Waals surface area (Å²) in [5.41, 5.74) is 2.70. The third-order valence-electron chi connectivity index (χ3n) is 6.38. The van der Waals surface area contributed by atoms with E-state index in [1.165, 1.54) is 4.90 Å². The van der Waals surface area contributed by atoms with Gasteiger partial charge in [0.15, 0.2) is 0 Å². The molecular weight excluding hydrogens is 416 g/mol. The number of ether oxygens (including phenoxy) is 2. The van der Waals surface area contributed by atoms with E-state index in [-0.39, 0.29) is 36.1 Å². The summed E-state index contributed by atoms with van der Waals surface area (Å²) >= 11 is 6.02. The average Bonchev–Trinajstić information content (AvgIpc) is 2.78. The minimum Gasteiger partial charge on any atom is -0.379 e. The van der Waals surface area contributed by atoms with Crippen LogP contribution in [0.4, 0.5) is 10.5 Å². The molecule has 1 saturated heterocycles. The molecule has 1 heterocycles. The van der Waals surface area contributed by atoms with Crippen molar-refractivity contribution in [2.45, 2.75) is 44.6 Å². The lowest BCUT2D eigenvalue weighted by molar-refractivity contribution is -0.137. The summed E-state index contributed by atoms with van der Waals surface area (Å²) in [5, 5.41) is 0.551. The minimum atomic E-state index is -0.366. The number of rotatable bonds is 5. The lowest BCUT2D eigenvalue weighted by Gasteiger charge is -2.49. The monoisotopic (exact) mass is 442 g/mol. The van der Waals surface area contributed by atoms with Crippen LogP contribution in [0.15, 0.2) is 48.5 Å². The van der Waals surface area contributed by atoms with Gasteiger partial charge in [-0.25, -0.2) is 9.69 Å². The maximum atomic E-state index is 13.6. The molecule has 164 valence electrons. The van der Waals surface area contributed by atoms with Gasteiger partial charge >= 0.3 is 6.03 Å². The Balaban J connectivity index is 1.72. The van der Waals surface area contributed by atoms with Gasteiger partial charge in [0.05, 0.1) is 23.8 Å². The number of benzene rings is 2. The third kappa shape index (κ3) is 4.20. The van der Waals surface area contributed by atoms with Crippen LogP contribution in [0.5, 0.6) is 0 Å². The Morgan fingerprint density at radius 3 is 2.16 bits per heavy atom. The van der Waals surface area contributed by atoms with Crippen molar-refractivity contribution in [1.82, 2.24) is 4.90 Å². The Bertz CT molecular complexity index is 947. The predicted octanol–water partition coefficient (Wildman–Crippen LogP) is 4.43. The van der Waals surface area contributed by atoms with Crippen LogP contribution in [0.1, 0.15) is 24.0 Å². The maximum Gasteiger partial charge on any atom is 0.331 e. The highest BCUT2D eigenvalue weighted by Crippen LogP contribution is 2.39. The van der Waals surface area contributed by atoms with Gasteiger partial charge in [0.2, 0.25) is 5.91 Å². The average molecular weight is 443 g/mol. The third-order valence-corrected chi connectivity index (χ3v) is 6.63. The van der Waals surface area contributed by atoms with Crippen LogP contribution in [-0.2, 0) is 20.8 Å². The minimum absolute atomic E-state index is 0.172. The number of amides is 3. The van der Waals surface area contributed by atoms with Crippen LogP contribution in [-0.4, -0.2) is 49.3 Å². The highest BCUT2D eigenvalue weighted by molar-refractivity contribution is 6.30. The van der Waals surface area contributed by atoms with Crippen molar-refractivity contribution in [3.8, 4) is 0 Å². The van der Waals surface area contributed by atoms with Gasteiger partial charge in [0.1, 0.15) is 0 Å². The number of urea groups is 1. The summed E-state index contributed by atoms with van der Waals surface area (Å²) in [7, 11) is 3.28. The highest BCUT2D eigenvalue weighted by Gasteiger charge is 2.52. The molecular formula is C24H27ClN2O4. The zero-order valence-electron chi connectivity index (χ0n) is 18.0. The molecule has 0 bridgehead atoms. The van der Waals surface area contributed by atoms with Crippen molar-refractivity contribution in [3.63, 3.8) is 0 Å². The largest absolute Gasteiger partial charge is 0.379 e. The van der Waals surface area contributed by atoms with Crippen LogP contribution in [0.3, 0.4) is 0 Å². The molecule has 2 aromatic rings. The summed E-state index contributed by atoms with van der Waals surface area (Å²) in [6, 6.07) is 14.3. The first kappa shape index (κ1) is 21.8. The quantitative estimate of drug-likeness (QED) is 0.687. The van der Waals surface area contributed by atoms with E-state index in [1.54, 1.807) is 38.5 Å². The molecule has 4 rings (SSSR count). The first-order valence-electron chi connectivity index (χ1n) is 10.4. The summed E-state index contributed by atoms with van der Waals surface area (Å²) in [6.07, 6.45) is 0.684. The number of hydrogen-bond donors (Lipinski definition) is 0. The molecule has 4 atom stereocenters. The second kappa shape index (κ2) is 8.99. The van der Waals surface area contributed by atoms with Gasteiger partial charge in [-0.3, -0.25) is 4.79 Å². The Morgan fingerprint density at radius 1 is 0.935 bits per heavy atom. The molecule has 0 N–H and O–H groups in total. The number of halogens is 1. The van der Waals surface area contributed by atoms with Crippen molar-refractivity contribution < 1.29 is 19.1 Å². The SMILES string of the molecule is COC1CC2C(=O)N(c3ccc(Cl)cc3)C(=O)N(Cc3ccc(C)cc3)C2CC1OC. The molecule has 3 amide bonds. The van der Waals surface area contributed by atoms with Gasteiger partial charge in [-0.05, 0) is 49.6 Å². The van der Waals surface area contributed by atoms with Gasteiger partial charge in [0, 0.05) is 31.8 Å². The van der Waals surface area contributed by atoms with E-state index in [2.05, 4.69) is 0 Å². The molecule has 0 radical (unpaired) electrons. The maximum absolute atomic E-state index is 13.6. The molecule has 0 aromatic heterocycles. The van der Waals surface area contributed by atoms with Gasteiger partial charge < -0.3 is 14.4 Å². The molecule has 0 spiro atoms. The topological polar surface area (TPSA) is 59.1 Å². The molecule has 4 unspecified atom stereocenters. The second-order valence-electron chi connectivity index (χ2n) is 8.24. The number of hydrogen-bond acceptors (Lipinski definition) is 4. The normalized spacial score (nSPS) is 26.2. The van der Waals surface area contributed by atoms with Crippen LogP contribution in [0, 0.1) is 12.8 Å². The van der Waals surface area contributed by atoms with Crippen molar-refractivity contribution in [3.05, 3.63) is 64.7 Å². The predicted molar refractivity (Wildman–Crippen MR) is 119 cm³/mol. The molecule has 7 heteroatoms. The molecule has 2 aromatic carbocycles. The van der Waals surface area contributed by atoms with E-state index in [9.17, 15) is 9.59 Å². The van der Waals surface area contributed by atoms with Gasteiger partial charge in [-0.1, -0.05) is 41.4 Å². The van der Waals surface area contributed by atoms with Crippen molar-refractivity contribution >= 4 is 29.2 Å². The Hall–Kier alpha value is -2.41. The summed E-state index contributed by atoms with van der Waals surface area (Å²) in [4.78, 5) is 30.2. The van der Waals surface area contributed by atoms with Crippen LogP contribution >= 0.6 is 11.6 Å². The Labute approximate surface area is 187 Å². The number of anilines is 1. The number of carbonyl (C=O) groups excluding carboxylic acids is 2. The second-order valence-corrected chi connectivity index (χ2v) is 8.68. The lowest BCUT2D eigenvalue weighted by atomic mass is 9.77. The van der Waals surface area contributed by atoms with E-state index < -0.39 is 0 Å². The first-order valence-corrected chi connectivity index (χ1v) is 10.8. The molecule has 2 fully saturated rings. The van der Waals surface area contributed by atoms with Crippen molar-refractivity contribution in [1.29, 1.82) is 0 Å². The lowest BCUT2D eigenvalue weighted by Crippen LogP contribution is -2.65. The van der Waals surface area contributed by atoms with E-state index in [4.69, 9.17) is 21.1 Å².